The molecule has 1 aliphatic carbocycles. The molecule has 0 spiro atoms. The molecule has 22 heavy (non-hydrogen) atoms. The van der Waals surface area contributed by atoms with Gasteiger partial charge in [0.25, 0.3) is 0 Å². The Kier molecular flexibility index (Phi) is 2.67. The number of nitrogens with two attached hydrogens (primary N) is 1. The molecule has 0 aliphatic heterocycles. The summed E-state index contributed by atoms with van der Waals surface area (Å²) < 4.78 is 17.6. The van der Waals surface area contributed by atoms with Gasteiger partial charge in [-0.15, -0.1) is 0 Å². The van der Waals surface area contributed by atoms with Gasteiger partial charge in [0, 0.05) is 22.4 Å². The molecule has 1 saturated carbocycles. The van der Waals surface area contributed by atoms with E-state index < -0.39 is 0 Å². The van der Waals surface area contributed by atoms with Gasteiger partial charge in [-0.2, -0.15) is 0 Å². The van der Waals surface area contributed by atoms with Crippen LogP contribution in [-0.2, 0) is 5.41 Å². The number of methoxy groups -OCH3 is 1. The van der Waals surface area contributed by atoms with Gasteiger partial charge < -0.3 is 19.3 Å². The lowest BCUT2D eigenvalue weighted by Crippen LogP contribution is -2.31. The third-order valence-electron chi connectivity index (χ3n) is 5.02. The van der Waals surface area contributed by atoms with Crippen LogP contribution in [0.5, 0.6) is 5.75 Å². The molecule has 1 unspecified atom stereocenters. The molecule has 1 aliphatic rings. The van der Waals surface area contributed by atoms with Gasteiger partial charge in [0.1, 0.15) is 17.1 Å². The van der Waals surface area contributed by atoms with Gasteiger partial charge in [-0.25, -0.2) is 0 Å². The molecule has 3 aromatic rings. The summed E-state index contributed by atoms with van der Waals surface area (Å²) in [5.74, 6) is 2.50. The molecule has 1 fully saturated rings. The van der Waals surface area contributed by atoms with Crippen molar-refractivity contribution in [2.75, 3.05) is 7.11 Å². The highest BCUT2D eigenvalue weighted by molar-refractivity contribution is 6.06. The molecule has 4 heteroatoms. The van der Waals surface area contributed by atoms with Crippen LogP contribution >= 0.6 is 0 Å². The summed E-state index contributed by atoms with van der Waals surface area (Å²) >= 11 is 0. The molecule has 2 aromatic heterocycles. The van der Waals surface area contributed by atoms with E-state index in [9.17, 15) is 0 Å². The minimum atomic E-state index is -0.0105. The highest BCUT2D eigenvalue weighted by atomic mass is 16.5. The maximum Gasteiger partial charge on any atom is 0.177 e. The maximum atomic E-state index is 6.33. The molecule has 116 valence electrons. The zero-order valence-corrected chi connectivity index (χ0v) is 13.4. The maximum absolute atomic E-state index is 6.33. The van der Waals surface area contributed by atoms with Gasteiger partial charge in [-0.05, 0) is 45.7 Å². The number of rotatable bonds is 3. The normalized spacial score (nSPS) is 18.0. The average Bonchev–Trinajstić information content (AvgIpc) is 3.04. The quantitative estimate of drug-likeness (QED) is 0.788. The Morgan fingerprint density at radius 3 is 2.23 bits per heavy atom. The van der Waals surface area contributed by atoms with Crippen molar-refractivity contribution < 1.29 is 13.6 Å². The minimum absolute atomic E-state index is 0.0105. The molecule has 0 saturated heterocycles. The Hall–Kier alpha value is -1.94. The Morgan fingerprint density at radius 2 is 1.68 bits per heavy atom. The van der Waals surface area contributed by atoms with E-state index in [0.29, 0.717) is 0 Å². The van der Waals surface area contributed by atoms with E-state index >= 15 is 0 Å². The predicted octanol–water partition coefficient (Wildman–Crippen LogP) is 4.18. The first kappa shape index (κ1) is 13.7. The molecule has 0 radical (unpaired) electrons. The summed E-state index contributed by atoms with van der Waals surface area (Å²) in [7, 11) is 1.67. The van der Waals surface area contributed by atoms with E-state index in [4.69, 9.17) is 19.3 Å². The summed E-state index contributed by atoms with van der Waals surface area (Å²) in [6.45, 7) is 6.00. The number of furan rings is 2. The van der Waals surface area contributed by atoms with E-state index in [2.05, 4.69) is 13.0 Å². The Labute approximate surface area is 129 Å². The fourth-order valence-electron chi connectivity index (χ4n) is 3.75. The first-order valence-electron chi connectivity index (χ1n) is 7.74. The third kappa shape index (κ3) is 1.61. The van der Waals surface area contributed by atoms with Crippen LogP contribution in [0.25, 0.3) is 21.9 Å². The van der Waals surface area contributed by atoms with Gasteiger partial charge in [0.05, 0.1) is 12.5 Å². The van der Waals surface area contributed by atoms with E-state index in [1.54, 1.807) is 7.11 Å². The van der Waals surface area contributed by atoms with Crippen LogP contribution in [-0.4, -0.2) is 13.2 Å². The molecular weight excluding hydrogens is 278 g/mol. The molecule has 1 aromatic carbocycles. The zero-order chi connectivity index (χ0) is 15.6. The molecular formula is C18H21NO3. The van der Waals surface area contributed by atoms with Crippen molar-refractivity contribution in [1.82, 2.24) is 0 Å². The molecule has 0 bridgehead atoms. The van der Waals surface area contributed by atoms with Gasteiger partial charge in [0.15, 0.2) is 11.3 Å². The fourth-order valence-corrected chi connectivity index (χ4v) is 3.75. The van der Waals surface area contributed by atoms with Crippen LogP contribution in [0.2, 0.25) is 0 Å². The predicted molar refractivity (Wildman–Crippen MR) is 86.6 cm³/mol. The van der Waals surface area contributed by atoms with Gasteiger partial charge in [-0.1, -0.05) is 0 Å². The second-order valence-corrected chi connectivity index (χ2v) is 6.55. The van der Waals surface area contributed by atoms with Crippen LogP contribution in [0.4, 0.5) is 0 Å². The second kappa shape index (κ2) is 4.29. The van der Waals surface area contributed by atoms with Crippen molar-refractivity contribution in [3.05, 3.63) is 29.2 Å². The first-order valence-corrected chi connectivity index (χ1v) is 7.74. The first-order chi connectivity index (χ1) is 10.5. The number of fused-ring (bicyclic) bond motifs is 2. The van der Waals surface area contributed by atoms with E-state index in [1.165, 1.54) is 5.56 Å². The highest BCUT2D eigenvalue weighted by Crippen LogP contribution is 2.56. The SMILES string of the molecule is COc1c2cc(C)oc2c(C2(C(C)N)CC2)c2cc(C)oc12. The Bertz CT molecular complexity index is 823. The summed E-state index contributed by atoms with van der Waals surface area (Å²) in [5, 5.41) is 2.05. The standard InChI is InChI=1S/C18H21NO3/c1-9-7-12-14(18(5-6-18)11(3)19)15-13(8-10(2)21-15)16(20-4)17(12)22-9/h7-8,11H,5-6,19H2,1-4H3. The van der Waals surface area contributed by atoms with Crippen molar-refractivity contribution in [3.63, 3.8) is 0 Å². The third-order valence-corrected chi connectivity index (χ3v) is 5.02. The molecule has 4 rings (SSSR count). The van der Waals surface area contributed by atoms with Crippen LogP contribution in [0.15, 0.2) is 21.0 Å². The van der Waals surface area contributed by atoms with E-state index in [1.807, 2.05) is 19.9 Å². The fraction of sp³-hybridized carbons (Fsp3) is 0.444. The number of benzene rings is 1. The number of ether oxygens (including phenoxy) is 1. The highest BCUT2D eigenvalue weighted by Gasteiger charge is 2.50. The van der Waals surface area contributed by atoms with Gasteiger partial charge in [-0.3, -0.25) is 0 Å². The van der Waals surface area contributed by atoms with Gasteiger partial charge >= 0.3 is 0 Å². The van der Waals surface area contributed by atoms with Crippen molar-refractivity contribution in [2.24, 2.45) is 5.73 Å². The smallest absolute Gasteiger partial charge is 0.177 e. The lowest BCUT2D eigenvalue weighted by Gasteiger charge is -2.21. The molecule has 2 heterocycles. The second-order valence-electron chi connectivity index (χ2n) is 6.55. The zero-order valence-electron chi connectivity index (χ0n) is 13.4. The summed E-state index contributed by atoms with van der Waals surface area (Å²) in [6.07, 6.45) is 2.18. The Morgan fingerprint density at radius 1 is 1.09 bits per heavy atom. The molecule has 1 atom stereocenters. The van der Waals surface area contributed by atoms with Crippen LogP contribution in [0, 0.1) is 13.8 Å². The lowest BCUT2D eigenvalue weighted by molar-refractivity contribution is 0.413. The molecule has 4 nitrogen and oxygen atoms in total. The van der Waals surface area contributed by atoms with Crippen LogP contribution in [0.1, 0.15) is 36.8 Å². The van der Waals surface area contributed by atoms with E-state index in [0.717, 1.165) is 52.1 Å². The van der Waals surface area contributed by atoms with Crippen molar-refractivity contribution in [3.8, 4) is 5.75 Å². The average molecular weight is 299 g/mol. The number of hydrogen-bond donors (Lipinski definition) is 1. The van der Waals surface area contributed by atoms with Crippen molar-refractivity contribution in [1.29, 1.82) is 0 Å². The van der Waals surface area contributed by atoms with Crippen molar-refractivity contribution in [2.45, 2.75) is 45.1 Å². The van der Waals surface area contributed by atoms with Crippen LogP contribution < -0.4 is 10.5 Å². The summed E-state index contributed by atoms with van der Waals surface area (Å²) in [6, 6.07) is 4.17. The van der Waals surface area contributed by atoms with E-state index in [-0.39, 0.29) is 11.5 Å². The minimum Gasteiger partial charge on any atom is -0.492 e. The van der Waals surface area contributed by atoms with Crippen LogP contribution in [0.3, 0.4) is 0 Å². The lowest BCUT2D eigenvalue weighted by atomic mass is 9.86. The van der Waals surface area contributed by atoms with Crippen molar-refractivity contribution >= 4 is 21.9 Å². The molecule has 2 N–H and O–H groups in total. The van der Waals surface area contributed by atoms with Gasteiger partial charge in [0.2, 0.25) is 0 Å². The topological polar surface area (TPSA) is 61.5 Å². The number of aryl methyl sites for hydroxylation is 2. The number of hydrogen-bond acceptors (Lipinski definition) is 4. The summed E-state index contributed by atoms with van der Waals surface area (Å²) in [4.78, 5) is 0. The summed E-state index contributed by atoms with van der Waals surface area (Å²) in [5.41, 5.74) is 9.21. The molecule has 0 amide bonds. The monoisotopic (exact) mass is 299 g/mol. The Balaban J connectivity index is 2.21. The largest absolute Gasteiger partial charge is 0.492 e.